The molecule has 0 fully saturated rings. The zero-order valence-electron chi connectivity index (χ0n) is 61.6. The van der Waals surface area contributed by atoms with Crippen molar-refractivity contribution in [1.82, 2.24) is 0 Å². The Bertz CT molecular complexity index is 1850. The van der Waals surface area contributed by atoms with Crippen molar-refractivity contribution in [3.63, 3.8) is 0 Å². The van der Waals surface area contributed by atoms with Crippen LogP contribution >= 0.6 is 0 Å². The molecule has 0 aromatic carbocycles. The summed E-state index contributed by atoms with van der Waals surface area (Å²) in [4.78, 5) is 37.6. The summed E-state index contributed by atoms with van der Waals surface area (Å²) in [5, 5.41) is 11.9. The standard InChI is InChI=1S/C84H149NO8/c1-6-8-10-12-14-16-18-20-22-24-26-28-30-32-34-36-38-40-41-43-44-46-48-50-52-54-56-58-60-62-64-66-68-70-72-74-81(86)91-78-80(79-92-84(83(88)89)90-77-76-85(3,4)5)93-82(87)75-73-71-69-67-65-63-61-59-57-55-53-51-49-47-45-42-39-37-35-33-31-29-27-25-23-21-19-17-15-13-11-9-7-2/h9,11,15,17,21,23-24,26-27,29,33,35,39,42,47,49,80,84H,6-8,10,12-14,16,18-20,22,25,28,30-32,34,36-38,40-41,43-46,48,50-79H2,1-5H3/b11-9-,17-15-,23-21-,26-24-,29-27-,35-33-,42-39-,49-47-. The van der Waals surface area contributed by atoms with Gasteiger partial charge in [-0.05, 0) is 96.3 Å². The van der Waals surface area contributed by atoms with Crippen LogP contribution in [0.15, 0.2) is 97.2 Å². The van der Waals surface area contributed by atoms with Crippen molar-refractivity contribution < 1.29 is 42.9 Å². The van der Waals surface area contributed by atoms with Crippen molar-refractivity contribution in [3.05, 3.63) is 97.2 Å². The van der Waals surface area contributed by atoms with Crippen molar-refractivity contribution in [3.8, 4) is 0 Å². The maximum absolute atomic E-state index is 13.0. The van der Waals surface area contributed by atoms with Gasteiger partial charge >= 0.3 is 11.9 Å². The minimum Gasteiger partial charge on any atom is -0.545 e. The van der Waals surface area contributed by atoms with Gasteiger partial charge in [0, 0.05) is 12.8 Å². The predicted octanol–water partition coefficient (Wildman–Crippen LogP) is 23.8. The molecular formula is C84H149NO8. The number of aliphatic carboxylic acids is 1. The van der Waals surface area contributed by atoms with Crippen molar-refractivity contribution in [2.75, 3.05) is 47.5 Å². The number of carbonyl (C=O) groups excluding carboxylic acids is 3. The number of ether oxygens (including phenoxy) is 4. The highest BCUT2D eigenvalue weighted by Crippen LogP contribution is 2.19. The maximum atomic E-state index is 13.0. The highest BCUT2D eigenvalue weighted by molar-refractivity contribution is 5.70. The number of nitrogens with zero attached hydrogens (tertiary/aromatic N) is 1. The fraction of sp³-hybridized carbons (Fsp3) is 0.774. The van der Waals surface area contributed by atoms with Crippen LogP contribution in [0, 0.1) is 0 Å². The van der Waals surface area contributed by atoms with Crippen LogP contribution in [0.5, 0.6) is 0 Å². The molecule has 9 heteroatoms. The summed E-state index contributed by atoms with van der Waals surface area (Å²) in [6.07, 6.45) is 99.5. The lowest BCUT2D eigenvalue weighted by Crippen LogP contribution is -2.44. The Hall–Kier alpha value is -3.79. The predicted molar refractivity (Wildman–Crippen MR) is 398 cm³/mol. The second kappa shape index (κ2) is 74.0. The van der Waals surface area contributed by atoms with Crippen LogP contribution in [-0.4, -0.2) is 82.3 Å². The van der Waals surface area contributed by atoms with Gasteiger partial charge in [0.05, 0.1) is 40.3 Å². The van der Waals surface area contributed by atoms with E-state index < -0.39 is 24.3 Å². The number of likely N-dealkylation sites (N-methyl/N-ethyl adjacent to an activating group) is 1. The molecule has 0 amide bonds. The van der Waals surface area contributed by atoms with E-state index in [1.54, 1.807) is 0 Å². The average molecular weight is 1300 g/mol. The van der Waals surface area contributed by atoms with Crippen molar-refractivity contribution in [2.24, 2.45) is 0 Å². The number of carboxylic acids is 1. The lowest BCUT2D eigenvalue weighted by molar-refractivity contribution is -0.870. The summed E-state index contributed by atoms with van der Waals surface area (Å²) in [6, 6.07) is 0. The zero-order chi connectivity index (χ0) is 67.5. The Morgan fingerprint density at radius 3 is 0.925 bits per heavy atom. The highest BCUT2D eigenvalue weighted by atomic mass is 16.7. The Balaban J connectivity index is 4.04. The van der Waals surface area contributed by atoms with Gasteiger partial charge in [-0.1, -0.05) is 349 Å². The Morgan fingerprint density at radius 1 is 0.333 bits per heavy atom. The lowest BCUT2D eigenvalue weighted by atomic mass is 10.0. The summed E-state index contributed by atoms with van der Waals surface area (Å²) in [7, 11) is 5.94. The minimum absolute atomic E-state index is 0.145. The molecule has 2 unspecified atom stereocenters. The van der Waals surface area contributed by atoms with E-state index in [1.165, 1.54) is 238 Å². The van der Waals surface area contributed by atoms with E-state index in [9.17, 15) is 19.5 Å². The third-order valence-corrected chi connectivity index (χ3v) is 17.3. The van der Waals surface area contributed by atoms with E-state index in [1.807, 2.05) is 21.1 Å². The molecule has 0 aromatic heterocycles. The molecule has 0 aliphatic rings. The molecule has 0 saturated heterocycles. The minimum atomic E-state index is -1.63. The summed E-state index contributed by atoms with van der Waals surface area (Å²) in [5.41, 5.74) is 0. The molecule has 0 bridgehead atoms. The third kappa shape index (κ3) is 75.5. The Morgan fingerprint density at radius 2 is 0.613 bits per heavy atom. The van der Waals surface area contributed by atoms with E-state index in [0.29, 0.717) is 23.9 Å². The second-order valence-corrected chi connectivity index (χ2v) is 27.6. The SMILES string of the molecule is CC/C=C\C/C=C\C/C=C\C/C=C\C/C=C\C/C=C\C/C=C\CCCCCCCCCCCCCC(=O)OC(COC(=O)CCCCCCCCCCCCCCCCCCCCCCCCC/C=C\CCCCCCCCCC)COC(OCC[N+](C)(C)C)C(=O)[O-]. The van der Waals surface area contributed by atoms with Crippen LogP contribution in [-0.2, 0) is 33.3 Å². The molecule has 0 aromatic rings. The van der Waals surface area contributed by atoms with Gasteiger partial charge in [0.2, 0.25) is 0 Å². The molecule has 0 saturated carbocycles. The first-order valence-electron chi connectivity index (χ1n) is 39.4. The molecule has 0 spiro atoms. The number of rotatable bonds is 73. The van der Waals surface area contributed by atoms with Crippen molar-refractivity contribution >= 4 is 17.9 Å². The second-order valence-electron chi connectivity index (χ2n) is 27.6. The van der Waals surface area contributed by atoms with Gasteiger partial charge in [-0.15, -0.1) is 0 Å². The van der Waals surface area contributed by atoms with Crippen molar-refractivity contribution in [2.45, 2.75) is 373 Å². The zero-order valence-corrected chi connectivity index (χ0v) is 61.6. The average Bonchev–Trinajstić information content (AvgIpc) is 3.74. The van der Waals surface area contributed by atoms with E-state index in [4.69, 9.17) is 18.9 Å². The van der Waals surface area contributed by atoms with E-state index >= 15 is 0 Å². The molecule has 2 atom stereocenters. The molecule has 0 aliphatic heterocycles. The van der Waals surface area contributed by atoms with Crippen LogP contribution in [0.3, 0.4) is 0 Å². The number of hydrogen-bond donors (Lipinski definition) is 0. The fourth-order valence-electron chi connectivity index (χ4n) is 11.3. The largest absolute Gasteiger partial charge is 0.545 e. The van der Waals surface area contributed by atoms with Crippen molar-refractivity contribution in [1.29, 1.82) is 0 Å². The van der Waals surface area contributed by atoms with E-state index in [0.717, 1.165) is 89.9 Å². The summed E-state index contributed by atoms with van der Waals surface area (Å²) >= 11 is 0. The number of hydrogen-bond acceptors (Lipinski definition) is 8. The lowest BCUT2D eigenvalue weighted by Gasteiger charge is -2.26. The number of carboxylic acid groups (broad SMARTS) is 1. The molecule has 9 nitrogen and oxygen atoms in total. The first kappa shape index (κ1) is 89.2. The summed E-state index contributed by atoms with van der Waals surface area (Å²) in [5.74, 6) is -2.27. The molecule has 0 aliphatic carbocycles. The van der Waals surface area contributed by atoms with Crippen LogP contribution in [0.4, 0.5) is 0 Å². The quantitative estimate of drug-likeness (QED) is 0.0195. The third-order valence-electron chi connectivity index (χ3n) is 17.3. The topological polar surface area (TPSA) is 111 Å². The number of esters is 2. The van der Waals surface area contributed by atoms with Gasteiger partial charge in [-0.2, -0.15) is 0 Å². The molecule has 0 rings (SSSR count). The monoisotopic (exact) mass is 1300 g/mol. The fourth-order valence-corrected chi connectivity index (χ4v) is 11.3. The number of unbranched alkanes of at least 4 members (excludes halogenated alkanes) is 42. The molecular weight excluding hydrogens is 1150 g/mol. The van der Waals surface area contributed by atoms with Gasteiger partial charge in [0.15, 0.2) is 12.4 Å². The number of allylic oxidation sites excluding steroid dienone is 16. The smallest absolute Gasteiger partial charge is 0.306 e. The molecule has 0 radical (unpaired) electrons. The van der Waals surface area contributed by atoms with Gasteiger partial charge in [0.25, 0.3) is 0 Å². The van der Waals surface area contributed by atoms with Crippen LogP contribution < -0.4 is 5.11 Å². The van der Waals surface area contributed by atoms with Crippen LogP contribution in [0.25, 0.3) is 0 Å². The van der Waals surface area contributed by atoms with Gasteiger partial charge in [0.1, 0.15) is 13.2 Å². The first-order chi connectivity index (χ1) is 45.6. The molecule has 0 N–H and O–H groups in total. The Labute approximate surface area is 575 Å². The normalized spacial score (nSPS) is 13.2. The number of quaternary nitrogens is 1. The van der Waals surface area contributed by atoms with Crippen LogP contribution in [0.2, 0.25) is 0 Å². The Kier molecular flexibility index (Phi) is 71.0. The number of carbonyl (C=O) groups is 3. The summed E-state index contributed by atoms with van der Waals surface area (Å²) in [6.45, 7) is 4.67. The van der Waals surface area contributed by atoms with Gasteiger partial charge in [-0.3, -0.25) is 9.59 Å². The van der Waals surface area contributed by atoms with Crippen LogP contribution in [0.1, 0.15) is 361 Å². The first-order valence-corrected chi connectivity index (χ1v) is 39.4. The highest BCUT2D eigenvalue weighted by Gasteiger charge is 2.22. The summed E-state index contributed by atoms with van der Waals surface area (Å²) < 4.78 is 22.9. The van der Waals surface area contributed by atoms with E-state index in [2.05, 4.69) is 111 Å². The van der Waals surface area contributed by atoms with E-state index in [-0.39, 0.29) is 32.2 Å². The molecule has 93 heavy (non-hydrogen) atoms. The molecule has 0 heterocycles. The molecule has 538 valence electrons. The van der Waals surface area contributed by atoms with Gasteiger partial charge in [-0.25, -0.2) is 0 Å². The maximum Gasteiger partial charge on any atom is 0.306 e. The van der Waals surface area contributed by atoms with Gasteiger partial charge < -0.3 is 33.3 Å².